The lowest BCUT2D eigenvalue weighted by molar-refractivity contribution is 0.487. The monoisotopic (exact) mass is 259 g/mol. The number of nitrogens with zero attached hydrogens (tertiary/aromatic N) is 3. The molecule has 2 heterocycles. The first-order chi connectivity index (χ1) is 7.85. The molecule has 0 aromatic carbocycles. The molecule has 1 saturated heterocycles. The van der Waals surface area contributed by atoms with Gasteiger partial charge in [-0.05, 0) is 25.7 Å². The van der Waals surface area contributed by atoms with E-state index in [1.165, 1.54) is 30.8 Å². The van der Waals surface area contributed by atoms with Crippen molar-refractivity contribution in [2.24, 2.45) is 0 Å². The molecule has 1 atom stereocenters. The highest BCUT2D eigenvalue weighted by molar-refractivity contribution is 7.09. The summed E-state index contributed by atoms with van der Waals surface area (Å²) in [5, 5.41) is 1.06. The van der Waals surface area contributed by atoms with Crippen molar-refractivity contribution in [3.8, 4) is 0 Å². The van der Waals surface area contributed by atoms with Crippen molar-refractivity contribution in [3.05, 3.63) is 5.82 Å². The van der Waals surface area contributed by atoms with Crippen molar-refractivity contribution in [3.63, 3.8) is 0 Å². The van der Waals surface area contributed by atoms with Crippen LogP contribution in [0.5, 0.6) is 0 Å². The average Bonchev–Trinajstić information content (AvgIpc) is 2.78. The molecule has 0 spiro atoms. The summed E-state index contributed by atoms with van der Waals surface area (Å²) in [6, 6.07) is 0.456. The topological polar surface area (TPSA) is 29.0 Å². The molecular formula is C11H18ClN3S. The Balaban J connectivity index is 2.08. The zero-order chi connectivity index (χ0) is 11.4. The fourth-order valence-corrected chi connectivity index (χ4v) is 3.23. The summed E-state index contributed by atoms with van der Waals surface area (Å²) in [6.07, 6.45) is 5.81. The van der Waals surface area contributed by atoms with Crippen LogP contribution in [-0.4, -0.2) is 27.8 Å². The van der Waals surface area contributed by atoms with Crippen LogP contribution in [-0.2, 0) is 6.42 Å². The van der Waals surface area contributed by atoms with E-state index in [-0.39, 0.29) is 0 Å². The van der Waals surface area contributed by atoms with Gasteiger partial charge in [0.1, 0.15) is 5.82 Å². The van der Waals surface area contributed by atoms with Crippen molar-refractivity contribution < 1.29 is 0 Å². The third kappa shape index (κ3) is 2.66. The van der Waals surface area contributed by atoms with E-state index < -0.39 is 0 Å². The minimum atomic E-state index is 0.456. The standard InChI is InChI=1S/C11H18ClN3S/c1-2-5-10-13-11(16-14-10)15-7-4-3-6-9(15)8-12/h9H,2-8H2,1H3. The predicted molar refractivity (Wildman–Crippen MR) is 69.6 cm³/mol. The molecular weight excluding hydrogens is 242 g/mol. The van der Waals surface area contributed by atoms with Crippen molar-refractivity contribution in [2.45, 2.75) is 45.1 Å². The molecule has 1 fully saturated rings. The molecule has 0 radical (unpaired) electrons. The number of anilines is 1. The number of rotatable bonds is 4. The molecule has 2 rings (SSSR count). The molecule has 0 N–H and O–H groups in total. The fraction of sp³-hybridized carbons (Fsp3) is 0.818. The van der Waals surface area contributed by atoms with Crippen molar-refractivity contribution in [2.75, 3.05) is 17.3 Å². The molecule has 1 aliphatic rings. The second-order valence-electron chi connectivity index (χ2n) is 4.24. The molecule has 1 unspecified atom stereocenters. The fourth-order valence-electron chi connectivity index (χ4n) is 2.10. The van der Waals surface area contributed by atoms with Crippen molar-refractivity contribution in [1.82, 2.24) is 9.36 Å². The number of alkyl halides is 1. The molecule has 0 bridgehead atoms. The van der Waals surface area contributed by atoms with Gasteiger partial charge >= 0.3 is 0 Å². The summed E-state index contributed by atoms with van der Waals surface area (Å²) in [6.45, 7) is 3.24. The van der Waals surface area contributed by atoms with E-state index in [1.54, 1.807) is 0 Å². The Bertz CT molecular complexity index is 329. The van der Waals surface area contributed by atoms with E-state index in [1.807, 2.05) is 0 Å². The molecule has 0 saturated carbocycles. The van der Waals surface area contributed by atoms with E-state index >= 15 is 0 Å². The smallest absolute Gasteiger partial charge is 0.205 e. The maximum atomic E-state index is 6.01. The summed E-state index contributed by atoms with van der Waals surface area (Å²) in [5.74, 6) is 1.68. The summed E-state index contributed by atoms with van der Waals surface area (Å²) >= 11 is 7.53. The van der Waals surface area contributed by atoms with Gasteiger partial charge < -0.3 is 4.90 Å². The molecule has 16 heavy (non-hydrogen) atoms. The second-order valence-corrected chi connectivity index (χ2v) is 5.28. The molecule has 90 valence electrons. The SMILES string of the molecule is CCCc1nsc(N2CCCCC2CCl)n1. The lowest BCUT2D eigenvalue weighted by Crippen LogP contribution is -2.40. The zero-order valence-corrected chi connectivity index (χ0v) is 11.2. The molecule has 1 aromatic rings. The second kappa shape index (κ2) is 5.82. The van der Waals surface area contributed by atoms with Gasteiger partial charge in [-0.15, -0.1) is 11.6 Å². The van der Waals surface area contributed by atoms with Crippen LogP contribution in [0.15, 0.2) is 0 Å². The normalized spacial score (nSPS) is 21.4. The molecule has 0 amide bonds. The third-order valence-corrected chi connectivity index (χ3v) is 4.13. The van der Waals surface area contributed by atoms with Crippen LogP contribution in [0.25, 0.3) is 0 Å². The quantitative estimate of drug-likeness (QED) is 0.778. The highest BCUT2D eigenvalue weighted by Crippen LogP contribution is 2.27. The highest BCUT2D eigenvalue weighted by atomic mass is 35.5. The number of aryl methyl sites for hydroxylation is 1. The Morgan fingerprint density at radius 2 is 2.38 bits per heavy atom. The van der Waals surface area contributed by atoms with Gasteiger partial charge in [-0.3, -0.25) is 0 Å². The third-order valence-electron chi connectivity index (χ3n) is 2.98. The number of piperidine rings is 1. The maximum absolute atomic E-state index is 6.01. The zero-order valence-electron chi connectivity index (χ0n) is 9.65. The number of halogens is 1. The Hall–Kier alpha value is -0.350. The van der Waals surface area contributed by atoms with E-state index in [4.69, 9.17) is 11.6 Å². The first kappa shape index (κ1) is 12.1. The largest absolute Gasteiger partial charge is 0.343 e. The lowest BCUT2D eigenvalue weighted by atomic mass is 10.0. The van der Waals surface area contributed by atoms with Crippen LogP contribution in [0, 0.1) is 0 Å². The summed E-state index contributed by atoms with van der Waals surface area (Å²) in [5.41, 5.74) is 0. The van der Waals surface area contributed by atoms with Gasteiger partial charge in [0.25, 0.3) is 0 Å². The molecule has 1 aromatic heterocycles. The average molecular weight is 260 g/mol. The van der Waals surface area contributed by atoms with E-state index in [0.29, 0.717) is 11.9 Å². The Morgan fingerprint density at radius 3 is 3.12 bits per heavy atom. The van der Waals surface area contributed by atoms with Gasteiger partial charge in [-0.2, -0.15) is 4.37 Å². The van der Waals surface area contributed by atoms with E-state index in [9.17, 15) is 0 Å². The minimum Gasteiger partial charge on any atom is -0.343 e. The molecule has 5 heteroatoms. The van der Waals surface area contributed by atoms with Gasteiger partial charge in [0.2, 0.25) is 5.13 Å². The summed E-state index contributed by atoms with van der Waals surface area (Å²) in [7, 11) is 0. The number of aromatic nitrogens is 2. The summed E-state index contributed by atoms with van der Waals surface area (Å²) < 4.78 is 4.40. The van der Waals surface area contributed by atoms with Gasteiger partial charge in [0.05, 0.1) is 0 Å². The van der Waals surface area contributed by atoms with Gasteiger partial charge in [-0.1, -0.05) is 6.92 Å². The Kier molecular flexibility index (Phi) is 4.41. The van der Waals surface area contributed by atoms with Crippen LogP contribution >= 0.6 is 23.1 Å². The molecule has 3 nitrogen and oxygen atoms in total. The predicted octanol–water partition coefficient (Wildman–Crippen LogP) is 3.09. The number of hydrogen-bond acceptors (Lipinski definition) is 4. The molecule has 0 aliphatic carbocycles. The van der Waals surface area contributed by atoms with Crippen LogP contribution < -0.4 is 4.90 Å². The van der Waals surface area contributed by atoms with Gasteiger partial charge in [-0.25, -0.2) is 4.98 Å². The van der Waals surface area contributed by atoms with Crippen LogP contribution in [0.4, 0.5) is 5.13 Å². The van der Waals surface area contributed by atoms with E-state index in [0.717, 1.165) is 30.3 Å². The Labute approximate surface area is 106 Å². The highest BCUT2D eigenvalue weighted by Gasteiger charge is 2.24. The van der Waals surface area contributed by atoms with E-state index in [2.05, 4.69) is 21.2 Å². The van der Waals surface area contributed by atoms with Gasteiger partial charge in [0, 0.05) is 36.4 Å². The van der Waals surface area contributed by atoms with Gasteiger partial charge in [0.15, 0.2) is 0 Å². The lowest BCUT2D eigenvalue weighted by Gasteiger charge is -2.33. The van der Waals surface area contributed by atoms with Crippen LogP contribution in [0.3, 0.4) is 0 Å². The van der Waals surface area contributed by atoms with Crippen molar-refractivity contribution >= 4 is 28.3 Å². The van der Waals surface area contributed by atoms with Crippen molar-refractivity contribution in [1.29, 1.82) is 0 Å². The van der Waals surface area contributed by atoms with Crippen LogP contribution in [0.1, 0.15) is 38.4 Å². The summed E-state index contributed by atoms with van der Waals surface area (Å²) in [4.78, 5) is 6.94. The minimum absolute atomic E-state index is 0.456. The first-order valence-corrected chi connectivity index (χ1v) is 7.31. The molecule has 1 aliphatic heterocycles. The maximum Gasteiger partial charge on any atom is 0.205 e. The Morgan fingerprint density at radius 1 is 1.50 bits per heavy atom. The number of hydrogen-bond donors (Lipinski definition) is 0. The first-order valence-electron chi connectivity index (χ1n) is 6.00. The van der Waals surface area contributed by atoms with Crippen LogP contribution in [0.2, 0.25) is 0 Å².